The van der Waals surface area contributed by atoms with Crippen LogP contribution in [0.1, 0.15) is 49.7 Å². The molecule has 1 saturated carbocycles. The number of aliphatic carboxylic acids is 2. The summed E-state index contributed by atoms with van der Waals surface area (Å²) in [5, 5.41) is 17.6. The van der Waals surface area contributed by atoms with E-state index in [0.717, 1.165) is 25.0 Å². The Hall–Kier alpha value is -3.68. The number of benzene rings is 3. The second-order valence-corrected chi connectivity index (χ2v) is 11.0. The topological polar surface area (TPSA) is 86.0 Å². The summed E-state index contributed by atoms with van der Waals surface area (Å²) in [5.74, 6) is -2.88. The number of aromatic nitrogens is 1. The number of hydrogen-bond acceptors (Lipinski definition) is 4. The molecule has 0 amide bonds. The second-order valence-electron chi connectivity index (χ2n) is 11.0. The van der Waals surface area contributed by atoms with E-state index >= 15 is 0 Å². The van der Waals surface area contributed by atoms with E-state index in [-0.39, 0.29) is 0 Å². The Labute approximate surface area is 235 Å². The van der Waals surface area contributed by atoms with Crippen molar-refractivity contribution < 1.29 is 19.8 Å². The van der Waals surface area contributed by atoms with Crippen LogP contribution in [0.5, 0.6) is 0 Å². The Morgan fingerprint density at radius 1 is 0.750 bits per heavy atom. The molecule has 6 rings (SSSR count). The first kappa shape index (κ1) is 27.9. The van der Waals surface area contributed by atoms with Gasteiger partial charge in [-0.3, -0.25) is 9.80 Å². The lowest BCUT2D eigenvalue weighted by Crippen LogP contribution is -2.50. The molecule has 7 heteroatoms. The molecule has 210 valence electrons. The van der Waals surface area contributed by atoms with Crippen molar-refractivity contribution in [3.05, 3.63) is 83.9 Å². The molecule has 1 aliphatic carbocycles. The van der Waals surface area contributed by atoms with E-state index in [1.807, 2.05) is 0 Å². The number of carboxylic acid groups (broad SMARTS) is 2. The minimum Gasteiger partial charge on any atom is -0.473 e. The number of hydrogen-bond donors (Lipinski definition) is 2. The van der Waals surface area contributed by atoms with Gasteiger partial charge in [-0.05, 0) is 67.9 Å². The number of rotatable bonds is 5. The molecule has 1 saturated heterocycles. The molecule has 3 aromatic carbocycles. The second kappa shape index (κ2) is 12.7. The number of aryl methyl sites for hydroxylation is 1. The summed E-state index contributed by atoms with van der Waals surface area (Å²) in [6, 6.07) is 28.0. The van der Waals surface area contributed by atoms with Crippen LogP contribution in [0.4, 0.5) is 0 Å². The van der Waals surface area contributed by atoms with Gasteiger partial charge >= 0.3 is 11.9 Å². The standard InChI is InChI=1S/C31H37N3.C2H2O4/c1-2-34-30-11-7-6-10-28(30)29-22-24(12-17-31(29)34)23-32-18-20-33(21-19-32)27-15-13-26(14-16-27)25-8-4-3-5-9-25;3-1(4)2(5)6/h3-12,17,22,26-27H,2,13-16,18-21,23H2,1H3;(H,3,4)(H,5,6). The summed E-state index contributed by atoms with van der Waals surface area (Å²) >= 11 is 0. The fraction of sp³-hybridized carbons (Fsp3) is 0.394. The van der Waals surface area contributed by atoms with E-state index in [9.17, 15) is 0 Å². The molecule has 0 spiro atoms. The molecule has 0 radical (unpaired) electrons. The smallest absolute Gasteiger partial charge is 0.414 e. The summed E-state index contributed by atoms with van der Waals surface area (Å²) in [5.41, 5.74) is 5.71. The predicted octanol–water partition coefficient (Wildman–Crippen LogP) is 5.81. The highest BCUT2D eigenvalue weighted by molar-refractivity contribution is 6.27. The number of carboxylic acids is 2. The average Bonchev–Trinajstić information content (AvgIpc) is 3.31. The van der Waals surface area contributed by atoms with Crippen LogP contribution in [-0.2, 0) is 22.7 Å². The molecule has 4 aromatic rings. The molecule has 2 heterocycles. The summed E-state index contributed by atoms with van der Waals surface area (Å²) in [6.07, 6.45) is 5.41. The maximum Gasteiger partial charge on any atom is 0.414 e. The third kappa shape index (κ3) is 6.21. The van der Waals surface area contributed by atoms with Crippen LogP contribution in [0.2, 0.25) is 0 Å². The van der Waals surface area contributed by atoms with Crippen molar-refractivity contribution in [3.8, 4) is 0 Å². The molecule has 1 aliphatic heterocycles. The van der Waals surface area contributed by atoms with Crippen LogP contribution in [0, 0.1) is 0 Å². The zero-order valence-corrected chi connectivity index (χ0v) is 23.2. The van der Waals surface area contributed by atoms with Gasteiger partial charge in [-0.2, -0.15) is 0 Å². The van der Waals surface area contributed by atoms with Gasteiger partial charge in [0.2, 0.25) is 0 Å². The van der Waals surface area contributed by atoms with Crippen LogP contribution >= 0.6 is 0 Å². The molecule has 7 nitrogen and oxygen atoms in total. The summed E-state index contributed by atoms with van der Waals surface area (Å²) in [4.78, 5) is 23.6. The van der Waals surface area contributed by atoms with Crippen molar-refractivity contribution in [1.29, 1.82) is 0 Å². The fourth-order valence-corrected chi connectivity index (χ4v) is 6.58. The first-order valence-corrected chi connectivity index (χ1v) is 14.4. The molecule has 2 aliphatic rings. The molecular formula is C33H39N3O4. The Morgan fingerprint density at radius 2 is 1.38 bits per heavy atom. The quantitative estimate of drug-likeness (QED) is 0.310. The predicted molar refractivity (Wildman–Crippen MR) is 159 cm³/mol. The van der Waals surface area contributed by atoms with Crippen molar-refractivity contribution in [2.75, 3.05) is 26.2 Å². The van der Waals surface area contributed by atoms with Crippen LogP contribution in [-0.4, -0.2) is 68.7 Å². The molecule has 0 atom stereocenters. The summed E-state index contributed by atoms with van der Waals surface area (Å²) < 4.78 is 2.44. The Balaban J connectivity index is 0.000000487. The molecule has 2 N–H and O–H groups in total. The largest absolute Gasteiger partial charge is 0.473 e. The zero-order chi connectivity index (χ0) is 28.1. The van der Waals surface area contributed by atoms with Crippen molar-refractivity contribution in [1.82, 2.24) is 14.4 Å². The van der Waals surface area contributed by atoms with Crippen molar-refractivity contribution in [2.45, 2.75) is 57.7 Å². The van der Waals surface area contributed by atoms with Gasteiger partial charge in [-0.25, -0.2) is 9.59 Å². The maximum absolute atomic E-state index is 9.10. The van der Waals surface area contributed by atoms with Crippen molar-refractivity contribution in [3.63, 3.8) is 0 Å². The van der Waals surface area contributed by atoms with Gasteiger partial charge in [0.1, 0.15) is 0 Å². The van der Waals surface area contributed by atoms with Crippen LogP contribution in [0.3, 0.4) is 0 Å². The molecule has 40 heavy (non-hydrogen) atoms. The number of carbonyl (C=O) groups is 2. The van der Waals surface area contributed by atoms with E-state index in [1.165, 1.54) is 79.2 Å². The fourth-order valence-electron chi connectivity index (χ4n) is 6.58. The summed E-state index contributed by atoms with van der Waals surface area (Å²) in [7, 11) is 0. The van der Waals surface area contributed by atoms with Crippen LogP contribution in [0.25, 0.3) is 21.8 Å². The van der Waals surface area contributed by atoms with E-state index < -0.39 is 11.9 Å². The van der Waals surface area contributed by atoms with Crippen molar-refractivity contribution >= 4 is 33.7 Å². The highest BCUT2D eigenvalue weighted by Crippen LogP contribution is 2.35. The van der Waals surface area contributed by atoms with E-state index in [4.69, 9.17) is 19.8 Å². The summed E-state index contributed by atoms with van der Waals surface area (Å²) in [6.45, 7) is 9.14. The number of fused-ring (bicyclic) bond motifs is 3. The highest BCUT2D eigenvalue weighted by atomic mass is 16.4. The van der Waals surface area contributed by atoms with E-state index in [0.29, 0.717) is 0 Å². The van der Waals surface area contributed by atoms with E-state index in [1.54, 1.807) is 5.56 Å². The monoisotopic (exact) mass is 541 g/mol. The highest BCUT2D eigenvalue weighted by Gasteiger charge is 2.29. The van der Waals surface area contributed by atoms with Crippen LogP contribution in [0.15, 0.2) is 72.8 Å². The minimum atomic E-state index is -1.82. The lowest BCUT2D eigenvalue weighted by atomic mass is 9.81. The van der Waals surface area contributed by atoms with Crippen LogP contribution < -0.4 is 0 Å². The van der Waals surface area contributed by atoms with Crippen molar-refractivity contribution in [2.24, 2.45) is 0 Å². The minimum absolute atomic E-state index is 0.771. The first-order chi connectivity index (χ1) is 19.4. The van der Waals surface area contributed by atoms with Gasteiger partial charge in [0.15, 0.2) is 0 Å². The van der Waals surface area contributed by atoms with Gasteiger partial charge in [0.25, 0.3) is 0 Å². The Morgan fingerprint density at radius 3 is 2.02 bits per heavy atom. The van der Waals surface area contributed by atoms with Gasteiger partial charge in [-0.15, -0.1) is 0 Å². The van der Waals surface area contributed by atoms with Gasteiger partial charge < -0.3 is 14.8 Å². The average molecular weight is 542 g/mol. The van der Waals surface area contributed by atoms with Gasteiger partial charge in [0.05, 0.1) is 0 Å². The third-order valence-corrected chi connectivity index (χ3v) is 8.63. The van der Waals surface area contributed by atoms with Gasteiger partial charge in [-0.1, -0.05) is 54.6 Å². The molecule has 2 fully saturated rings. The zero-order valence-electron chi connectivity index (χ0n) is 23.2. The lowest BCUT2D eigenvalue weighted by Gasteiger charge is -2.42. The number of nitrogens with zero attached hydrogens (tertiary/aromatic N) is 3. The molecule has 1 aromatic heterocycles. The molecule has 0 unspecified atom stereocenters. The molecule has 0 bridgehead atoms. The Kier molecular flexibility index (Phi) is 8.82. The van der Waals surface area contributed by atoms with E-state index in [2.05, 4.69) is 94.1 Å². The first-order valence-electron chi connectivity index (χ1n) is 14.4. The molecular weight excluding hydrogens is 502 g/mol. The number of para-hydroxylation sites is 1. The van der Waals surface area contributed by atoms with Gasteiger partial charge in [0, 0.05) is 67.1 Å². The third-order valence-electron chi connectivity index (χ3n) is 8.63. The maximum atomic E-state index is 9.10. The number of piperazine rings is 1. The Bertz CT molecular complexity index is 1440. The normalized spacial score (nSPS) is 20.2. The lowest BCUT2D eigenvalue weighted by molar-refractivity contribution is -0.159. The SMILES string of the molecule is CCn1c2ccccc2c2cc(CN3CCN(C4CCC(c5ccccc5)CC4)CC3)ccc21.O=C(O)C(=O)O.